The fourth-order valence-corrected chi connectivity index (χ4v) is 2.13. The zero-order valence-electron chi connectivity index (χ0n) is 8.63. The van der Waals surface area contributed by atoms with E-state index in [0.717, 1.165) is 19.3 Å². The second-order valence-electron chi connectivity index (χ2n) is 4.14. The van der Waals surface area contributed by atoms with Crippen molar-refractivity contribution in [2.45, 2.75) is 32.2 Å². The van der Waals surface area contributed by atoms with Crippen LogP contribution in [0.2, 0.25) is 0 Å². The van der Waals surface area contributed by atoms with Crippen LogP contribution in [0.3, 0.4) is 0 Å². The molecule has 14 heavy (non-hydrogen) atoms. The Morgan fingerprint density at radius 1 is 1.57 bits per heavy atom. The van der Waals surface area contributed by atoms with E-state index in [-0.39, 0.29) is 24.4 Å². The summed E-state index contributed by atoms with van der Waals surface area (Å²) in [7, 11) is 0. The first kappa shape index (κ1) is 11.4. The molecule has 0 bridgehead atoms. The lowest BCUT2D eigenvalue weighted by atomic mass is 9.78. The van der Waals surface area contributed by atoms with Crippen molar-refractivity contribution in [3.8, 4) is 0 Å². The van der Waals surface area contributed by atoms with Gasteiger partial charge in [-0.05, 0) is 25.2 Å². The Kier molecular flexibility index (Phi) is 4.32. The van der Waals surface area contributed by atoms with Gasteiger partial charge in [-0.3, -0.25) is 4.79 Å². The summed E-state index contributed by atoms with van der Waals surface area (Å²) in [6.07, 6.45) is 2.63. The van der Waals surface area contributed by atoms with Crippen LogP contribution >= 0.6 is 0 Å². The fourth-order valence-electron chi connectivity index (χ4n) is 2.13. The van der Waals surface area contributed by atoms with Crippen molar-refractivity contribution in [1.82, 2.24) is 5.32 Å². The molecule has 0 aliphatic heterocycles. The van der Waals surface area contributed by atoms with Gasteiger partial charge in [0, 0.05) is 18.5 Å². The van der Waals surface area contributed by atoms with Gasteiger partial charge in [-0.2, -0.15) is 0 Å². The molecule has 3 nitrogen and oxygen atoms in total. The third-order valence-electron chi connectivity index (χ3n) is 2.94. The molecule has 0 spiro atoms. The maximum absolute atomic E-state index is 11.8. The van der Waals surface area contributed by atoms with Crippen LogP contribution < -0.4 is 11.1 Å². The first-order valence-corrected chi connectivity index (χ1v) is 5.24. The number of hydrogen-bond acceptors (Lipinski definition) is 2. The quantitative estimate of drug-likeness (QED) is 0.712. The van der Waals surface area contributed by atoms with E-state index in [4.69, 9.17) is 5.73 Å². The number of amides is 1. The lowest BCUT2D eigenvalue weighted by molar-refractivity contribution is -0.127. The highest BCUT2D eigenvalue weighted by Crippen LogP contribution is 2.28. The maximum atomic E-state index is 11.8. The molecule has 82 valence electrons. The predicted molar refractivity (Wildman–Crippen MR) is 53.5 cm³/mol. The number of hydrogen-bond donors (Lipinski definition) is 2. The van der Waals surface area contributed by atoms with Gasteiger partial charge in [-0.1, -0.05) is 6.92 Å². The Morgan fingerprint density at radius 3 is 2.86 bits per heavy atom. The number of carbonyl (C=O) groups is 1. The van der Waals surface area contributed by atoms with Crippen LogP contribution in [0.15, 0.2) is 0 Å². The summed E-state index contributed by atoms with van der Waals surface area (Å²) in [4.78, 5) is 11.6. The van der Waals surface area contributed by atoms with Gasteiger partial charge in [0.05, 0.1) is 0 Å². The number of rotatable bonds is 3. The van der Waals surface area contributed by atoms with Crippen molar-refractivity contribution in [3.63, 3.8) is 0 Å². The van der Waals surface area contributed by atoms with Gasteiger partial charge >= 0.3 is 0 Å². The molecule has 0 saturated heterocycles. The first-order valence-electron chi connectivity index (χ1n) is 5.24. The summed E-state index contributed by atoms with van der Waals surface area (Å²) in [6, 6.07) is 0.232. The normalized spacial score (nSPS) is 32.6. The minimum atomic E-state index is -0.494. The van der Waals surface area contributed by atoms with Crippen molar-refractivity contribution in [1.29, 1.82) is 0 Å². The van der Waals surface area contributed by atoms with E-state index in [2.05, 4.69) is 5.32 Å². The van der Waals surface area contributed by atoms with E-state index in [0.29, 0.717) is 5.92 Å². The summed E-state index contributed by atoms with van der Waals surface area (Å²) in [5.41, 5.74) is 5.80. The van der Waals surface area contributed by atoms with Gasteiger partial charge in [0.2, 0.25) is 5.91 Å². The topological polar surface area (TPSA) is 55.1 Å². The highest BCUT2D eigenvalue weighted by molar-refractivity contribution is 5.79. The molecular weight excluding hydrogens is 183 g/mol. The standard InChI is InChI=1S/C10H19FN2O/c1-7-6-8(12)2-3-9(7)10(14)13-5-4-11/h7-9H,2-6,12H2,1H3,(H,13,14). The second-order valence-corrected chi connectivity index (χ2v) is 4.14. The average Bonchev–Trinajstić information content (AvgIpc) is 2.14. The van der Waals surface area contributed by atoms with Crippen LogP contribution in [0.1, 0.15) is 26.2 Å². The van der Waals surface area contributed by atoms with Gasteiger partial charge in [-0.15, -0.1) is 0 Å². The molecule has 0 aromatic rings. The summed E-state index contributed by atoms with van der Waals surface area (Å²) >= 11 is 0. The third kappa shape index (κ3) is 2.94. The largest absolute Gasteiger partial charge is 0.353 e. The minimum Gasteiger partial charge on any atom is -0.353 e. The van der Waals surface area contributed by atoms with Gasteiger partial charge in [0.25, 0.3) is 0 Å². The Bertz CT molecular complexity index is 199. The molecule has 0 aromatic heterocycles. The molecule has 0 heterocycles. The number of carbonyl (C=O) groups excluding carboxylic acids is 1. The van der Waals surface area contributed by atoms with Crippen molar-refractivity contribution < 1.29 is 9.18 Å². The Labute approximate surface area is 84.2 Å². The molecule has 0 radical (unpaired) electrons. The van der Waals surface area contributed by atoms with E-state index in [1.165, 1.54) is 0 Å². The molecule has 1 aliphatic rings. The summed E-state index contributed by atoms with van der Waals surface area (Å²) in [6.45, 7) is 1.68. The van der Waals surface area contributed by atoms with Crippen molar-refractivity contribution >= 4 is 5.91 Å². The molecule has 3 unspecified atom stereocenters. The molecule has 1 amide bonds. The SMILES string of the molecule is CC1CC(N)CCC1C(=O)NCCF. The van der Waals surface area contributed by atoms with Crippen LogP contribution in [-0.4, -0.2) is 25.2 Å². The molecule has 1 fully saturated rings. The van der Waals surface area contributed by atoms with E-state index in [1.54, 1.807) is 0 Å². The molecule has 3 N–H and O–H groups in total. The smallest absolute Gasteiger partial charge is 0.223 e. The fraction of sp³-hybridized carbons (Fsp3) is 0.900. The average molecular weight is 202 g/mol. The van der Waals surface area contributed by atoms with Gasteiger partial charge in [0.1, 0.15) is 6.67 Å². The monoisotopic (exact) mass is 202 g/mol. The summed E-state index contributed by atoms with van der Waals surface area (Å²) < 4.78 is 11.8. The third-order valence-corrected chi connectivity index (χ3v) is 2.94. The molecule has 1 rings (SSSR count). The van der Waals surface area contributed by atoms with Gasteiger partial charge < -0.3 is 11.1 Å². The Morgan fingerprint density at radius 2 is 2.29 bits per heavy atom. The number of halogens is 1. The first-order chi connectivity index (χ1) is 6.65. The minimum absolute atomic E-state index is 0.0120. The summed E-state index contributed by atoms with van der Waals surface area (Å²) in [5.74, 6) is 0.335. The highest BCUT2D eigenvalue weighted by atomic mass is 19.1. The zero-order valence-corrected chi connectivity index (χ0v) is 8.63. The maximum Gasteiger partial charge on any atom is 0.223 e. The number of alkyl halides is 1. The predicted octanol–water partition coefficient (Wildman–Crippen LogP) is 0.836. The van der Waals surface area contributed by atoms with Gasteiger partial charge in [-0.25, -0.2) is 4.39 Å². The van der Waals surface area contributed by atoms with Crippen LogP contribution in [0, 0.1) is 11.8 Å². The van der Waals surface area contributed by atoms with Crippen LogP contribution in [0.4, 0.5) is 4.39 Å². The lowest BCUT2D eigenvalue weighted by Crippen LogP contribution is -2.41. The highest BCUT2D eigenvalue weighted by Gasteiger charge is 2.30. The molecule has 4 heteroatoms. The summed E-state index contributed by atoms with van der Waals surface area (Å²) in [5, 5.41) is 2.59. The molecular formula is C10H19FN2O. The van der Waals surface area contributed by atoms with E-state index in [9.17, 15) is 9.18 Å². The van der Waals surface area contributed by atoms with E-state index >= 15 is 0 Å². The molecule has 1 saturated carbocycles. The van der Waals surface area contributed by atoms with Gasteiger partial charge in [0.15, 0.2) is 0 Å². The van der Waals surface area contributed by atoms with E-state index < -0.39 is 6.67 Å². The number of nitrogens with one attached hydrogen (secondary N) is 1. The Balaban J connectivity index is 2.39. The molecule has 3 atom stereocenters. The number of nitrogens with two attached hydrogens (primary N) is 1. The van der Waals surface area contributed by atoms with E-state index in [1.807, 2.05) is 6.92 Å². The molecule has 1 aliphatic carbocycles. The van der Waals surface area contributed by atoms with Crippen LogP contribution in [0.5, 0.6) is 0 Å². The lowest BCUT2D eigenvalue weighted by Gasteiger charge is -2.31. The van der Waals surface area contributed by atoms with Crippen molar-refractivity contribution in [3.05, 3.63) is 0 Å². The second kappa shape index (κ2) is 5.29. The Hall–Kier alpha value is -0.640. The molecule has 0 aromatic carbocycles. The van der Waals surface area contributed by atoms with Crippen molar-refractivity contribution in [2.75, 3.05) is 13.2 Å². The van der Waals surface area contributed by atoms with Crippen molar-refractivity contribution in [2.24, 2.45) is 17.6 Å². The van der Waals surface area contributed by atoms with Crippen LogP contribution in [-0.2, 0) is 4.79 Å². The zero-order chi connectivity index (χ0) is 10.6. The van der Waals surface area contributed by atoms with Crippen LogP contribution in [0.25, 0.3) is 0 Å².